The highest BCUT2D eigenvalue weighted by Crippen LogP contribution is 2.27. The van der Waals surface area contributed by atoms with Crippen LogP contribution in [0.25, 0.3) is 0 Å². The first-order chi connectivity index (χ1) is 12.9. The molecular weight excluding hydrogens is 360 g/mol. The number of guanidine groups is 1. The van der Waals surface area contributed by atoms with Gasteiger partial charge < -0.3 is 20.1 Å². The maximum absolute atomic E-state index is 5.35. The van der Waals surface area contributed by atoms with Crippen LogP contribution in [0, 0.1) is 0 Å². The van der Waals surface area contributed by atoms with Crippen LogP contribution in [0.4, 0.5) is 0 Å². The van der Waals surface area contributed by atoms with E-state index in [9.17, 15) is 0 Å². The number of hydrogen-bond donors (Lipinski definition) is 2. The number of aliphatic imine (C=N–C) groups is 1. The van der Waals surface area contributed by atoms with Crippen LogP contribution in [0.5, 0.6) is 11.5 Å². The summed E-state index contributed by atoms with van der Waals surface area (Å²) in [7, 11) is 5.04. The van der Waals surface area contributed by atoms with Gasteiger partial charge in [0.25, 0.3) is 0 Å². The molecular formula is C20H30N4O2S. The predicted octanol–water partition coefficient (Wildman–Crippen LogP) is 3.37. The minimum Gasteiger partial charge on any atom is -0.493 e. The number of hydrogen-bond acceptors (Lipinski definition) is 5. The standard InChI is InChI=1S/C20H30N4O2S/c1-20(2,3)17-13-27-18(24-17)9-10-22-19(21-4)23-12-14-7-8-15(25-5)16(11-14)26-6/h7-8,11,13H,9-10,12H2,1-6H3,(H2,21,22,23). The Kier molecular flexibility index (Phi) is 7.47. The lowest BCUT2D eigenvalue weighted by atomic mass is 9.93. The molecule has 2 rings (SSSR count). The largest absolute Gasteiger partial charge is 0.493 e. The fourth-order valence-corrected chi connectivity index (χ4v) is 3.48. The monoisotopic (exact) mass is 390 g/mol. The minimum absolute atomic E-state index is 0.0964. The van der Waals surface area contributed by atoms with E-state index in [1.54, 1.807) is 32.6 Å². The normalized spacial score (nSPS) is 12.0. The smallest absolute Gasteiger partial charge is 0.191 e. The van der Waals surface area contributed by atoms with Gasteiger partial charge in [0.2, 0.25) is 0 Å². The van der Waals surface area contributed by atoms with E-state index in [0.29, 0.717) is 6.54 Å². The molecule has 148 valence electrons. The van der Waals surface area contributed by atoms with Crippen molar-refractivity contribution in [1.29, 1.82) is 0 Å². The molecule has 1 aromatic heterocycles. The van der Waals surface area contributed by atoms with E-state index in [1.807, 2.05) is 18.2 Å². The second kappa shape index (κ2) is 9.60. The SMILES string of the molecule is CN=C(NCCc1nc(C(C)(C)C)cs1)NCc1ccc(OC)c(OC)c1. The van der Waals surface area contributed by atoms with Crippen molar-refractivity contribution in [1.82, 2.24) is 15.6 Å². The average Bonchev–Trinajstić information content (AvgIpc) is 3.13. The summed E-state index contributed by atoms with van der Waals surface area (Å²) >= 11 is 1.72. The molecule has 1 heterocycles. The molecule has 1 aromatic carbocycles. The van der Waals surface area contributed by atoms with Crippen LogP contribution in [0.15, 0.2) is 28.6 Å². The second-order valence-corrected chi connectivity index (χ2v) is 8.11. The Labute approximate surface area is 166 Å². The van der Waals surface area contributed by atoms with Gasteiger partial charge in [0.1, 0.15) is 0 Å². The molecule has 0 aliphatic carbocycles. The Bertz CT molecular complexity index is 766. The zero-order valence-electron chi connectivity index (χ0n) is 17.0. The molecule has 0 unspecified atom stereocenters. The Morgan fingerprint density at radius 1 is 1.15 bits per heavy atom. The molecule has 7 heteroatoms. The van der Waals surface area contributed by atoms with Crippen molar-refractivity contribution in [2.24, 2.45) is 4.99 Å². The molecule has 0 saturated heterocycles. The number of nitrogens with one attached hydrogen (secondary N) is 2. The van der Waals surface area contributed by atoms with Crippen molar-refractivity contribution in [2.45, 2.75) is 39.2 Å². The van der Waals surface area contributed by atoms with Crippen LogP contribution >= 0.6 is 11.3 Å². The molecule has 0 bridgehead atoms. The molecule has 27 heavy (non-hydrogen) atoms. The Hall–Kier alpha value is -2.28. The third kappa shape index (κ3) is 6.13. The highest BCUT2D eigenvalue weighted by Gasteiger charge is 2.17. The van der Waals surface area contributed by atoms with Crippen LogP contribution in [-0.2, 0) is 18.4 Å². The van der Waals surface area contributed by atoms with Gasteiger partial charge in [0, 0.05) is 37.4 Å². The Morgan fingerprint density at radius 2 is 1.89 bits per heavy atom. The highest BCUT2D eigenvalue weighted by atomic mass is 32.1. The van der Waals surface area contributed by atoms with Gasteiger partial charge in [-0.1, -0.05) is 26.8 Å². The van der Waals surface area contributed by atoms with Gasteiger partial charge in [0.05, 0.1) is 24.9 Å². The predicted molar refractivity (Wildman–Crippen MR) is 112 cm³/mol. The van der Waals surface area contributed by atoms with Crippen LogP contribution in [0.3, 0.4) is 0 Å². The summed E-state index contributed by atoms with van der Waals surface area (Å²) in [6, 6.07) is 5.87. The fraction of sp³-hybridized carbons (Fsp3) is 0.500. The van der Waals surface area contributed by atoms with Crippen molar-refractivity contribution < 1.29 is 9.47 Å². The first kappa shape index (κ1) is 21.0. The molecule has 0 aliphatic rings. The maximum Gasteiger partial charge on any atom is 0.191 e. The summed E-state index contributed by atoms with van der Waals surface area (Å²) < 4.78 is 10.6. The van der Waals surface area contributed by atoms with Gasteiger partial charge in [-0.05, 0) is 17.7 Å². The highest BCUT2D eigenvalue weighted by molar-refractivity contribution is 7.09. The minimum atomic E-state index is 0.0964. The summed E-state index contributed by atoms with van der Waals surface area (Å²) in [6.07, 6.45) is 0.873. The summed E-state index contributed by atoms with van der Waals surface area (Å²) in [4.78, 5) is 9.00. The number of benzene rings is 1. The number of ether oxygens (including phenoxy) is 2. The average molecular weight is 391 g/mol. The third-order valence-electron chi connectivity index (χ3n) is 4.08. The lowest BCUT2D eigenvalue weighted by Gasteiger charge is -2.14. The van der Waals surface area contributed by atoms with Crippen molar-refractivity contribution in [3.05, 3.63) is 39.8 Å². The fourth-order valence-electron chi connectivity index (χ4n) is 2.46. The molecule has 6 nitrogen and oxygen atoms in total. The van der Waals surface area contributed by atoms with Gasteiger partial charge in [0.15, 0.2) is 17.5 Å². The third-order valence-corrected chi connectivity index (χ3v) is 4.99. The molecule has 0 amide bonds. The molecule has 0 saturated carbocycles. The summed E-state index contributed by atoms with van der Waals surface area (Å²) in [5.41, 5.74) is 2.34. The van der Waals surface area contributed by atoms with E-state index in [1.165, 1.54) is 0 Å². The van der Waals surface area contributed by atoms with Crippen molar-refractivity contribution in [2.75, 3.05) is 27.8 Å². The first-order valence-corrected chi connectivity index (χ1v) is 9.85. The van der Waals surface area contributed by atoms with Gasteiger partial charge >= 0.3 is 0 Å². The molecule has 2 N–H and O–H groups in total. The van der Waals surface area contributed by atoms with Gasteiger partial charge in [-0.2, -0.15) is 0 Å². The van der Waals surface area contributed by atoms with Gasteiger partial charge in [-0.25, -0.2) is 4.98 Å². The molecule has 0 aliphatic heterocycles. The zero-order valence-corrected chi connectivity index (χ0v) is 17.9. The molecule has 0 atom stereocenters. The van der Waals surface area contributed by atoms with E-state index in [0.717, 1.165) is 46.7 Å². The number of methoxy groups -OCH3 is 2. The Morgan fingerprint density at radius 3 is 2.48 bits per heavy atom. The molecule has 0 spiro atoms. The van der Waals surface area contributed by atoms with Crippen molar-refractivity contribution >= 4 is 17.3 Å². The van der Waals surface area contributed by atoms with Crippen LogP contribution in [-0.4, -0.2) is 38.8 Å². The first-order valence-electron chi connectivity index (χ1n) is 8.97. The summed E-state index contributed by atoms with van der Waals surface area (Å²) in [6.45, 7) is 7.98. The van der Waals surface area contributed by atoms with Gasteiger partial charge in [-0.15, -0.1) is 11.3 Å². The van der Waals surface area contributed by atoms with E-state index in [2.05, 4.69) is 41.8 Å². The molecule has 0 radical (unpaired) electrons. The molecule has 0 fully saturated rings. The lowest BCUT2D eigenvalue weighted by molar-refractivity contribution is 0.354. The molecule has 2 aromatic rings. The number of nitrogens with zero attached hydrogens (tertiary/aromatic N) is 2. The quantitative estimate of drug-likeness (QED) is 0.560. The summed E-state index contributed by atoms with van der Waals surface area (Å²) in [5, 5.41) is 9.95. The Balaban J connectivity index is 1.83. The number of aromatic nitrogens is 1. The van der Waals surface area contributed by atoms with Crippen molar-refractivity contribution in [3.63, 3.8) is 0 Å². The topological polar surface area (TPSA) is 67.8 Å². The van der Waals surface area contributed by atoms with Crippen LogP contribution in [0.1, 0.15) is 37.0 Å². The van der Waals surface area contributed by atoms with E-state index < -0.39 is 0 Å². The van der Waals surface area contributed by atoms with Crippen LogP contribution in [0.2, 0.25) is 0 Å². The second-order valence-electron chi connectivity index (χ2n) is 7.17. The van der Waals surface area contributed by atoms with Crippen LogP contribution < -0.4 is 20.1 Å². The van der Waals surface area contributed by atoms with E-state index >= 15 is 0 Å². The van der Waals surface area contributed by atoms with E-state index in [4.69, 9.17) is 14.5 Å². The van der Waals surface area contributed by atoms with Crippen molar-refractivity contribution in [3.8, 4) is 11.5 Å². The zero-order chi connectivity index (χ0) is 19.9. The summed E-state index contributed by atoms with van der Waals surface area (Å²) in [5.74, 6) is 2.21. The number of thiazole rings is 1. The lowest BCUT2D eigenvalue weighted by Crippen LogP contribution is -2.37. The number of rotatable bonds is 7. The maximum atomic E-state index is 5.35. The van der Waals surface area contributed by atoms with Gasteiger partial charge in [-0.3, -0.25) is 4.99 Å². The van der Waals surface area contributed by atoms with E-state index in [-0.39, 0.29) is 5.41 Å².